The number of ether oxygens (including phenoxy) is 2. The predicted octanol–water partition coefficient (Wildman–Crippen LogP) is 2.18. The Bertz CT molecular complexity index is 942. The number of thioether (sulfide) groups is 1. The number of carbonyl (C=O) groups is 2. The molecule has 0 spiro atoms. The minimum absolute atomic E-state index is 0.102. The number of anilines is 2. The average Bonchev–Trinajstić information content (AvgIpc) is 3.38. The van der Waals surface area contributed by atoms with E-state index in [9.17, 15) is 9.59 Å². The second-order valence-corrected chi connectivity index (χ2v) is 7.81. The number of aryl methyl sites for hydroxylation is 1. The van der Waals surface area contributed by atoms with Gasteiger partial charge in [0.05, 0.1) is 31.5 Å². The van der Waals surface area contributed by atoms with Crippen LogP contribution in [0.4, 0.5) is 11.5 Å². The fourth-order valence-corrected chi connectivity index (χ4v) is 4.67. The molecule has 1 fully saturated rings. The third kappa shape index (κ3) is 3.19. The Labute approximate surface area is 167 Å². The standard InChI is InChI=1S/C19H22N4O4S/c1-22-18(13-9-28-10-14(13)21-22)20-19(25)11-6-17(24)23(8-11)15-5-4-12(26-2)7-16(15)27-3/h4-5,7,11H,6,8-10H2,1-3H3,(H,20,25)/t11-/m0/s1. The molecular weight excluding hydrogens is 380 g/mol. The molecule has 148 valence electrons. The van der Waals surface area contributed by atoms with Gasteiger partial charge in [0.15, 0.2) is 0 Å². The quantitative estimate of drug-likeness (QED) is 0.825. The Morgan fingerprint density at radius 3 is 2.86 bits per heavy atom. The van der Waals surface area contributed by atoms with E-state index in [2.05, 4.69) is 10.4 Å². The summed E-state index contributed by atoms with van der Waals surface area (Å²) in [7, 11) is 4.94. The number of fused-ring (bicyclic) bond motifs is 1. The molecule has 2 aromatic rings. The van der Waals surface area contributed by atoms with E-state index in [-0.39, 0.29) is 18.2 Å². The molecule has 3 heterocycles. The number of nitrogens with zero attached hydrogens (tertiary/aromatic N) is 3. The Morgan fingerprint density at radius 1 is 1.29 bits per heavy atom. The van der Waals surface area contributed by atoms with Crippen molar-refractivity contribution in [2.45, 2.75) is 17.9 Å². The summed E-state index contributed by atoms with van der Waals surface area (Å²) in [6.07, 6.45) is 0.163. The van der Waals surface area contributed by atoms with E-state index in [1.54, 1.807) is 53.8 Å². The predicted molar refractivity (Wildman–Crippen MR) is 107 cm³/mol. The summed E-state index contributed by atoms with van der Waals surface area (Å²) in [5, 5.41) is 7.45. The fourth-order valence-electron chi connectivity index (χ4n) is 3.64. The summed E-state index contributed by atoms with van der Waals surface area (Å²) in [4.78, 5) is 27.1. The zero-order valence-corrected chi connectivity index (χ0v) is 16.8. The van der Waals surface area contributed by atoms with Gasteiger partial charge in [-0.1, -0.05) is 0 Å². The molecule has 1 atom stereocenters. The smallest absolute Gasteiger partial charge is 0.230 e. The Hall–Kier alpha value is -2.68. The third-order valence-corrected chi connectivity index (χ3v) is 6.10. The molecule has 0 aliphatic carbocycles. The summed E-state index contributed by atoms with van der Waals surface area (Å²) in [5.41, 5.74) is 2.75. The summed E-state index contributed by atoms with van der Waals surface area (Å²) >= 11 is 1.78. The molecule has 2 aliphatic rings. The molecule has 0 unspecified atom stereocenters. The summed E-state index contributed by atoms with van der Waals surface area (Å²) in [5.74, 6) is 2.93. The van der Waals surface area contributed by atoms with E-state index in [1.807, 2.05) is 7.05 Å². The van der Waals surface area contributed by atoms with Crippen LogP contribution in [0.3, 0.4) is 0 Å². The van der Waals surface area contributed by atoms with Crippen molar-refractivity contribution in [2.24, 2.45) is 13.0 Å². The molecule has 9 heteroatoms. The zero-order chi connectivity index (χ0) is 19.8. The van der Waals surface area contributed by atoms with Crippen molar-refractivity contribution in [3.05, 3.63) is 29.5 Å². The van der Waals surface area contributed by atoms with Gasteiger partial charge in [-0.25, -0.2) is 0 Å². The van der Waals surface area contributed by atoms with Gasteiger partial charge in [-0.05, 0) is 12.1 Å². The maximum atomic E-state index is 12.9. The first-order chi connectivity index (χ1) is 13.5. The van der Waals surface area contributed by atoms with Crippen molar-refractivity contribution in [3.8, 4) is 11.5 Å². The number of amides is 2. The number of hydrogen-bond donors (Lipinski definition) is 1. The van der Waals surface area contributed by atoms with Crippen LogP contribution < -0.4 is 19.7 Å². The van der Waals surface area contributed by atoms with E-state index >= 15 is 0 Å². The average molecular weight is 402 g/mol. The lowest BCUT2D eigenvalue weighted by Crippen LogP contribution is -2.29. The van der Waals surface area contributed by atoms with Crippen molar-refractivity contribution >= 4 is 35.1 Å². The maximum absolute atomic E-state index is 12.9. The summed E-state index contributed by atoms with van der Waals surface area (Å²) in [6, 6.07) is 5.28. The van der Waals surface area contributed by atoms with Crippen LogP contribution in [0.25, 0.3) is 0 Å². The van der Waals surface area contributed by atoms with E-state index in [0.29, 0.717) is 23.7 Å². The number of aromatic nitrogens is 2. The molecular formula is C19H22N4O4S. The molecule has 1 aromatic heterocycles. The van der Waals surface area contributed by atoms with Gasteiger partial charge >= 0.3 is 0 Å². The highest BCUT2D eigenvalue weighted by Gasteiger charge is 2.37. The first kappa shape index (κ1) is 18.7. The second kappa shape index (κ2) is 7.38. The fraction of sp³-hybridized carbons (Fsp3) is 0.421. The van der Waals surface area contributed by atoms with Gasteiger partial charge in [-0.15, -0.1) is 0 Å². The van der Waals surface area contributed by atoms with Crippen LogP contribution >= 0.6 is 11.8 Å². The van der Waals surface area contributed by atoms with Crippen molar-refractivity contribution in [1.29, 1.82) is 0 Å². The monoisotopic (exact) mass is 402 g/mol. The molecule has 0 radical (unpaired) electrons. The van der Waals surface area contributed by atoms with Crippen LogP contribution in [0.1, 0.15) is 17.7 Å². The normalized spacial score (nSPS) is 18.3. The van der Waals surface area contributed by atoms with Crippen LogP contribution in [0.5, 0.6) is 11.5 Å². The Morgan fingerprint density at radius 2 is 2.11 bits per heavy atom. The Kier molecular flexibility index (Phi) is 4.92. The minimum Gasteiger partial charge on any atom is -0.497 e. The highest BCUT2D eigenvalue weighted by molar-refractivity contribution is 7.98. The largest absolute Gasteiger partial charge is 0.497 e. The molecule has 1 aromatic carbocycles. The van der Waals surface area contributed by atoms with E-state index in [0.717, 1.165) is 28.6 Å². The molecule has 28 heavy (non-hydrogen) atoms. The highest BCUT2D eigenvalue weighted by Crippen LogP contribution is 2.37. The van der Waals surface area contributed by atoms with Crippen molar-refractivity contribution in [3.63, 3.8) is 0 Å². The van der Waals surface area contributed by atoms with Crippen LogP contribution in [-0.2, 0) is 28.1 Å². The Balaban J connectivity index is 1.51. The lowest BCUT2D eigenvalue weighted by molar-refractivity contribution is -0.122. The number of carbonyl (C=O) groups excluding carboxylic acids is 2. The van der Waals surface area contributed by atoms with Gasteiger partial charge in [0.25, 0.3) is 0 Å². The topological polar surface area (TPSA) is 85.7 Å². The molecule has 0 bridgehead atoms. The van der Waals surface area contributed by atoms with E-state index in [1.165, 1.54) is 0 Å². The van der Waals surface area contributed by atoms with E-state index < -0.39 is 5.92 Å². The maximum Gasteiger partial charge on any atom is 0.230 e. The van der Waals surface area contributed by atoms with Crippen LogP contribution in [0.15, 0.2) is 18.2 Å². The van der Waals surface area contributed by atoms with Gasteiger partial charge in [0.1, 0.15) is 17.3 Å². The second-order valence-electron chi connectivity index (χ2n) is 6.82. The SMILES string of the molecule is COc1ccc(N2C[C@@H](C(=O)Nc3c4c(nn3C)CSC4)CC2=O)c(OC)c1. The molecule has 8 nitrogen and oxygen atoms in total. The number of rotatable bonds is 5. The summed E-state index contributed by atoms with van der Waals surface area (Å²) in [6.45, 7) is 0.308. The van der Waals surface area contributed by atoms with Gasteiger partial charge in [-0.3, -0.25) is 14.3 Å². The lowest BCUT2D eigenvalue weighted by Gasteiger charge is -2.20. The molecule has 1 N–H and O–H groups in total. The first-order valence-corrected chi connectivity index (χ1v) is 10.1. The van der Waals surface area contributed by atoms with Crippen LogP contribution in [0.2, 0.25) is 0 Å². The number of nitrogens with one attached hydrogen (secondary N) is 1. The number of hydrogen-bond acceptors (Lipinski definition) is 6. The molecule has 0 saturated carbocycles. The van der Waals surface area contributed by atoms with Gasteiger partial charge in [0, 0.05) is 43.1 Å². The van der Waals surface area contributed by atoms with Gasteiger partial charge in [0.2, 0.25) is 11.8 Å². The summed E-state index contributed by atoms with van der Waals surface area (Å²) < 4.78 is 12.3. The first-order valence-electron chi connectivity index (χ1n) is 8.97. The lowest BCUT2D eigenvalue weighted by atomic mass is 10.1. The van der Waals surface area contributed by atoms with Gasteiger partial charge in [-0.2, -0.15) is 16.9 Å². The third-order valence-electron chi connectivity index (χ3n) is 5.13. The van der Waals surface area contributed by atoms with Crippen molar-refractivity contribution < 1.29 is 19.1 Å². The van der Waals surface area contributed by atoms with Gasteiger partial charge < -0.3 is 19.7 Å². The molecule has 1 saturated heterocycles. The van der Waals surface area contributed by atoms with E-state index in [4.69, 9.17) is 9.47 Å². The molecule has 2 aliphatic heterocycles. The highest BCUT2D eigenvalue weighted by atomic mass is 32.2. The molecule has 4 rings (SSSR count). The molecule has 2 amide bonds. The van der Waals surface area contributed by atoms with Crippen molar-refractivity contribution in [2.75, 3.05) is 31.0 Å². The van der Waals surface area contributed by atoms with Crippen molar-refractivity contribution in [1.82, 2.24) is 9.78 Å². The number of methoxy groups -OCH3 is 2. The van der Waals surface area contributed by atoms with Crippen LogP contribution in [-0.4, -0.2) is 42.4 Å². The number of benzene rings is 1. The van der Waals surface area contributed by atoms with Crippen LogP contribution in [0, 0.1) is 5.92 Å². The minimum atomic E-state index is -0.432. The zero-order valence-electron chi connectivity index (χ0n) is 16.0.